The molecule has 0 unspecified atom stereocenters. The molecule has 2 N–H and O–H groups in total. The molecular weight excluding hydrogens is 324 g/mol. The van der Waals surface area contributed by atoms with E-state index in [0.717, 1.165) is 28.5 Å². The summed E-state index contributed by atoms with van der Waals surface area (Å²) in [7, 11) is 0. The molecule has 132 valence electrons. The third-order valence-corrected chi connectivity index (χ3v) is 3.77. The normalized spacial score (nSPS) is 10.6. The number of carbonyl (C=O) groups is 1. The third-order valence-electron chi connectivity index (χ3n) is 3.77. The van der Waals surface area contributed by atoms with E-state index in [-0.39, 0.29) is 5.91 Å². The van der Waals surface area contributed by atoms with E-state index in [1.165, 1.54) is 0 Å². The number of benzene rings is 2. The van der Waals surface area contributed by atoms with Crippen LogP contribution in [0.25, 0.3) is 11.3 Å². The van der Waals surface area contributed by atoms with E-state index in [9.17, 15) is 4.79 Å². The number of amides is 1. The largest absolute Gasteiger partial charge is 0.340 e. The molecule has 0 bridgehead atoms. The maximum Gasteiger partial charge on any atom is 0.224 e. The first-order chi connectivity index (χ1) is 12.6. The lowest BCUT2D eigenvalue weighted by Gasteiger charge is -2.10. The zero-order chi connectivity index (χ0) is 18.4. The van der Waals surface area contributed by atoms with E-state index in [1.807, 2.05) is 74.5 Å². The minimum Gasteiger partial charge on any atom is -0.340 e. The highest BCUT2D eigenvalue weighted by Crippen LogP contribution is 2.22. The van der Waals surface area contributed by atoms with Crippen molar-refractivity contribution in [2.24, 2.45) is 5.92 Å². The van der Waals surface area contributed by atoms with Crippen molar-refractivity contribution in [1.82, 2.24) is 9.97 Å². The molecule has 0 aliphatic heterocycles. The van der Waals surface area contributed by atoms with Crippen LogP contribution in [-0.2, 0) is 4.79 Å². The molecule has 0 fully saturated rings. The van der Waals surface area contributed by atoms with E-state index in [2.05, 4.69) is 20.6 Å². The standard InChI is InChI=1S/C21H22N4O/c1-15(2)12-21(26)25-18-10-8-17(9-11-18)24-20-13-19(22-14-23-20)16-6-4-3-5-7-16/h3-11,13-15H,12H2,1-2H3,(H,25,26)(H,22,23,24). The molecular formula is C21H22N4O. The quantitative estimate of drug-likeness (QED) is 0.668. The molecule has 0 saturated carbocycles. The van der Waals surface area contributed by atoms with Crippen molar-refractivity contribution >= 4 is 23.1 Å². The molecule has 0 aliphatic carbocycles. The molecule has 0 aliphatic rings. The molecule has 0 atom stereocenters. The van der Waals surface area contributed by atoms with Crippen molar-refractivity contribution in [3.63, 3.8) is 0 Å². The molecule has 1 heterocycles. The lowest BCUT2D eigenvalue weighted by Crippen LogP contribution is -2.13. The van der Waals surface area contributed by atoms with Crippen molar-refractivity contribution in [2.75, 3.05) is 10.6 Å². The molecule has 1 amide bonds. The fraction of sp³-hybridized carbons (Fsp3) is 0.190. The summed E-state index contributed by atoms with van der Waals surface area (Å²) in [6, 6.07) is 19.5. The minimum absolute atomic E-state index is 0.0315. The SMILES string of the molecule is CC(C)CC(=O)Nc1ccc(Nc2cc(-c3ccccc3)ncn2)cc1. The Kier molecular flexibility index (Phi) is 5.59. The lowest BCUT2D eigenvalue weighted by molar-refractivity contribution is -0.116. The van der Waals surface area contributed by atoms with Crippen molar-refractivity contribution in [3.05, 3.63) is 67.0 Å². The first kappa shape index (κ1) is 17.6. The second-order valence-corrected chi connectivity index (χ2v) is 6.50. The van der Waals surface area contributed by atoms with Gasteiger partial charge in [0.05, 0.1) is 5.69 Å². The van der Waals surface area contributed by atoms with Crippen LogP contribution in [0.2, 0.25) is 0 Å². The van der Waals surface area contributed by atoms with Gasteiger partial charge >= 0.3 is 0 Å². The van der Waals surface area contributed by atoms with Crippen LogP contribution in [0.15, 0.2) is 67.0 Å². The van der Waals surface area contributed by atoms with Gasteiger partial charge in [-0.3, -0.25) is 4.79 Å². The molecule has 26 heavy (non-hydrogen) atoms. The van der Waals surface area contributed by atoms with E-state index in [4.69, 9.17) is 0 Å². The van der Waals surface area contributed by atoms with Crippen molar-refractivity contribution in [1.29, 1.82) is 0 Å². The molecule has 0 radical (unpaired) electrons. The number of nitrogens with one attached hydrogen (secondary N) is 2. The highest BCUT2D eigenvalue weighted by Gasteiger charge is 2.06. The van der Waals surface area contributed by atoms with Gasteiger partial charge in [-0.05, 0) is 30.2 Å². The van der Waals surface area contributed by atoms with Gasteiger partial charge in [0.1, 0.15) is 12.1 Å². The zero-order valence-electron chi connectivity index (χ0n) is 14.9. The second kappa shape index (κ2) is 8.25. The van der Waals surface area contributed by atoms with Crippen LogP contribution in [0.4, 0.5) is 17.2 Å². The van der Waals surface area contributed by atoms with E-state index >= 15 is 0 Å². The molecule has 0 saturated heterocycles. The van der Waals surface area contributed by atoms with Crippen LogP contribution < -0.4 is 10.6 Å². The lowest BCUT2D eigenvalue weighted by atomic mass is 10.1. The summed E-state index contributed by atoms with van der Waals surface area (Å²) in [6.07, 6.45) is 2.06. The summed E-state index contributed by atoms with van der Waals surface area (Å²) < 4.78 is 0. The van der Waals surface area contributed by atoms with Gasteiger partial charge in [0, 0.05) is 29.4 Å². The van der Waals surface area contributed by atoms with Crippen molar-refractivity contribution in [3.8, 4) is 11.3 Å². The van der Waals surface area contributed by atoms with Crippen LogP contribution in [0.3, 0.4) is 0 Å². The topological polar surface area (TPSA) is 66.9 Å². The summed E-state index contributed by atoms with van der Waals surface area (Å²) >= 11 is 0. The molecule has 0 spiro atoms. The third kappa shape index (κ3) is 4.89. The zero-order valence-corrected chi connectivity index (χ0v) is 14.9. The number of nitrogens with zero attached hydrogens (tertiary/aromatic N) is 2. The van der Waals surface area contributed by atoms with E-state index < -0.39 is 0 Å². The molecule has 1 aromatic heterocycles. The van der Waals surface area contributed by atoms with E-state index in [0.29, 0.717) is 12.3 Å². The Balaban J connectivity index is 1.67. The van der Waals surface area contributed by atoms with Crippen LogP contribution in [0.5, 0.6) is 0 Å². The molecule has 2 aromatic carbocycles. The molecule has 3 rings (SSSR count). The fourth-order valence-corrected chi connectivity index (χ4v) is 2.56. The average Bonchev–Trinajstić information content (AvgIpc) is 2.64. The number of rotatable bonds is 6. The highest BCUT2D eigenvalue weighted by atomic mass is 16.1. The van der Waals surface area contributed by atoms with Crippen molar-refractivity contribution in [2.45, 2.75) is 20.3 Å². The Morgan fingerprint density at radius 2 is 1.65 bits per heavy atom. The maximum absolute atomic E-state index is 11.8. The maximum atomic E-state index is 11.8. The summed E-state index contributed by atoms with van der Waals surface area (Å²) in [5.41, 5.74) is 3.58. The fourth-order valence-electron chi connectivity index (χ4n) is 2.56. The Hall–Kier alpha value is -3.21. The number of aromatic nitrogens is 2. The molecule has 3 aromatic rings. The van der Waals surface area contributed by atoms with E-state index in [1.54, 1.807) is 6.33 Å². The first-order valence-corrected chi connectivity index (χ1v) is 8.64. The number of anilines is 3. The minimum atomic E-state index is 0.0315. The Morgan fingerprint density at radius 3 is 2.35 bits per heavy atom. The first-order valence-electron chi connectivity index (χ1n) is 8.64. The number of hydrogen-bond donors (Lipinski definition) is 2. The van der Waals surface area contributed by atoms with Gasteiger partial charge in [0.25, 0.3) is 0 Å². The van der Waals surface area contributed by atoms with Gasteiger partial charge in [0.2, 0.25) is 5.91 Å². The monoisotopic (exact) mass is 346 g/mol. The van der Waals surface area contributed by atoms with Crippen LogP contribution in [-0.4, -0.2) is 15.9 Å². The number of hydrogen-bond acceptors (Lipinski definition) is 4. The summed E-state index contributed by atoms with van der Waals surface area (Å²) in [5, 5.41) is 6.17. The van der Waals surface area contributed by atoms with Crippen LogP contribution >= 0.6 is 0 Å². The Morgan fingerprint density at radius 1 is 0.962 bits per heavy atom. The van der Waals surface area contributed by atoms with Crippen molar-refractivity contribution < 1.29 is 4.79 Å². The van der Waals surface area contributed by atoms with Gasteiger partial charge in [-0.25, -0.2) is 9.97 Å². The predicted octanol–water partition coefficient (Wildman–Crippen LogP) is 4.87. The van der Waals surface area contributed by atoms with Gasteiger partial charge in [-0.1, -0.05) is 44.2 Å². The summed E-state index contributed by atoms with van der Waals surface area (Å²) in [4.78, 5) is 20.4. The molecule has 5 heteroatoms. The smallest absolute Gasteiger partial charge is 0.224 e. The molecule has 5 nitrogen and oxygen atoms in total. The Labute approximate surface area is 153 Å². The summed E-state index contributed by atoms with van der Waals surface area (Å²) in [5.74, 6) is 1.09. The van der Waals surface area contributed by atoms with Gasteiger partial charge in [-0.15, -0.1) is 0 Å². The average molecular weight is 346 g/mol. The van der Waals surface area contributed by atoms with Crippen LogP contribution in [0, 0.1) is 5.92 Å². The predicted molar refractivity (Wildman–Crippen MR) is 105 cm³/mol. The van der Waals surface area contributed by atoms with Gasteiger partial charge in [0.15, 0.2) is 0 Å². The number of carbonyl (C=O) groups excluding carboxylic acids is 1. The van der Waals surface area contributed by atoms with Crippen LogP contribution in [0.1, 0.15) is 20.3 Å². The Bertz CT molecular complexity index is 861. The summed E-state index contributed by atoms with van der Waals surface area (Å²) in [6.45, 7) is 4.05. The highest BCUT2D eigenvalue weighted by molar-refractivity contribution is 5.91. The van der Waals surface area contributed by atoms with Gasteiger partial charge < -0.3 is 10.6 Å². The second-order valence-electron chi connectivity index (χ2n) is 6.50. The van der Waals surface area contributed by atoms with Gasteiger partial charge in [-0.2, -0.15) is 0 Å².